The molecule has 0 amide bonds. The lowest BCUT2D eigenvalue weighted by Crippen LogP contribution is -2.33. The van der Waals surface area contributed by atoms with E-state index in [-0.39, 0.29) is 0 Å². The molecule has 20 heavy (non-hydrogen) atoms. The summed E-state index contributed by atoms with van der Waals surface area (Å²) >= 11 is 0. The fraction of sp³-hybridized carbons (Fsp3) is 0.533. The number of aromatic nitrogens is 2. The zero-order chi connectivity index (χ0) is 13.8. The zero-order valence-electron chi connectivity index (χ0n) is 11.6. The molecule has 0 saturated carbocycles. The Morgan fingerprint density at radius 3 is 3.15 bits per heavy atom. The third-order valence-corrected chi connectivity index (χ3v) is 4.07. The molecule has 1 N–H and O–H groups in total. The van der Waals surface area contributed by atoms with Crippen LogP contribution >= 0.6 is 0 Å². The predicted molar refractivity (Wildman–Crippen MR) is 75.1 cm³/mol. The van der Waals surface area contributed by atoms with E-state index < -0.39 is 6.10 Å². The van der Waals surface area contributed by atoms with Crippen LogP contribution in [0.4, 0.5) is 0 Å². The van der Waals surface area contributed by atoms with Crippen LogP contribution < -0.4 is 0 Å². The second-order valence-corrected chi connectivity index (χ2v) is 5.40. The summed E-state index contributed by atoms with van der Waals surface area (Å²) in [7, 11) is 0. The Kier molecular flexibility index (Phi) is 4.18. The summed E-state index contributed by atoms with van der Waals surface area (Å²) in [5, 5.41) is 10.2. The first-order valence-electron chi connectivity index (χ1n) is 7.24. The van der Waals surface area contributed by atoms with Crippen LogP contribution in [0.5, 0.6) is 0 Å². The number of rotatable bonds is 6. The lowest BCUT2D eigenvalue weighted by molar-refractivity contribution is 0.101. The number of hydrogen-bond acceptors (Lipinski definition) is 4. The van der Waals surface area contributed by atoms with E-state index in [1.807, 2.05) is 30.9 Å². The lowest BCUT2D eigenvalue weighted by atomic mass is 10.1. The highest BCUT2D eigenvalue weighted by Gasteiger charge is 2.27. The third-order valence-electron chi connectivity index (χ3n) is 4.07. The molecule has 108 valence electrons. The summed E-state index contributed by atoms with van der Waals surface area (Å²) in [5.74, 6) is 0.673. The molecule has 5 nitrogen and oxygen atoms in total. The van der Waals surface area contributed by atoms with Gasteiger partial charge in [-0.05, 0) is 37.9 Å². The fourth-order valence-electron chi connectivity index (χ4n) is 2.97. The van der Waals surface area contributed by atoms with Crippen LogP contribution in [0, 0.1) is 0 Å². The molecule has 1 saturated heterocycles. The van der Waals surface area contributed by atoms with Gasteiger partial charge in [-0.15, -0.1) is 0 Å². The van der Waals surface area contributed by atoms with E-state index in [1.165, 1.54) is 6.42 Å². The van der Waals surface area contributed by atoms with Crippen molar-refractivity contribution in [3.8, 4) is 0 Å². The first-order chi connectivity index (χ1) is 9.83. The SMILES string of the molecule is OC(CC1CCCN1CCn1ccnc1)c1ccco1. The predicted octanol–water partition coefficient (Wildman–Crippen LogP) is 2.06. The van der Waals surface area contributed by atoms with Crippen molar-refractivity contribution in [1.29, 1.82) is 0 Å². The summed E-state index contributed by atoms with van der Waals surface area (Å²) in [6.07, 6.45) is 9.87. The van der Waals surface area contributed by atoms with Gasteiger partial charge in [-0.25, -0.2) is 4.98 Å². The Labute approximate surface area is 118 Å². The van der Waals surface area contributed by atoms with Gasteiger partial charge >= 0.3 is 0 Å². The van der Waals surface area contributed by atoms with Gasteiger partial charge in [-0.3, -0.25) is 4.90 Å². The molecule has 0 aromatic carbocycles. The summed E-state index contributed by atoms with van der Waals surface area (Å²) in [6, 6.07) is 4.11. The number of imidazole rings is 1. The highest BCUT2D eigenvalue weighted by Crippen LogP contribution is 2.27. The summed E-state index contributed by atoms with van der Waals surface area (Å²) in [4.78, 5) is 6.53. The lowest BCUT2D eigenvalue weighted by Gasteiger charge is -2.25. The van der Waals surface area contributed by atoms with E-state index in [2.05, 4.69) is 14.5 Å². The van der Waals surface area contributed by atoms with Crippen LogP contribution in [0.2, 0.25) is 0 Å². The molecule has 1 aliphatic rings. The van der Waals surface area contributed by atoms with E-state index in [0.717, 1.165) is 32.5 Å². The normalized spacial score (nSPS) is 21.4. The standard InChI is InChI=1S/C15H21N3O2/c19-14(15-4-2-10-20-15)11-13-3-1-6-18(13)9-8-17-7-5-16-12-17/h2,4-5,7,10,12-14,19H,1,3,6,8-9,11H2. The minimum Gasteiger partial charge on any atom is -0.467 e. The topological polar surface area (TPSA) is 54.4 Å². The van der Waals surface area contributed by atoms with Gasteiger partial charge < -0.3 is 14.1 Å². The summed E-state index contributed by atoms with van der Waals surface area (Å²) in [5.41, 5.74) is 0. The van der Waals surface area contributed by atoms with Crippen molar-refractivity contribution in [2.45, 2.75) is 38.0 Å². The average Bonchev–Trinajstić information content (AvgIpc) is 3.19. The van der Waals surface area contributed by atoms with Crippen LogP contribution in [-0.4, -0.2) is 38.7 Å². The maximum atomic E-state index is 10.2. The summed E-state index contributed by atoms with van der Waals surface area (Å²) in [6.45, 7) is 3.07. The Balaban J connectivity index is 1.53. The number of aliphatic hydroxyl groups excluding tert-OH is 1. The molecular weight excluding hydrogens is 254 g/mol. The molecule has 3 rings (SSSR count). The molecule has 2 atom stereocenters. The minimum absolute atomic E-state index is 0.443. The van der Waals surface area contributed by atoms with Gasteiger partial charge in [0.25, 0.3) is 0 Å². The molecule has 2 aromatic heterocycles. The van der Waals surface area contributed by atoms with E-state index in [1.54, 1.807) is 6.26 Å². The molecule has 0 bridgehead atoms. The Hall–Kier alpha value is -1.59. The van der Waals surface area contributed by atoms with Gasteiger partial charge in [0, 0.05) is 31.5 Å². The number of furan rings is 1. The van der Waals surface area contributed by atoms with E-state index >= 15 is 0 Å². The molecule has 2 unspecified atom stereocenters. The van der Waals surface area contributed by atoms with Crippen LogP contribution in [-0.2, 0) is 6.54 Å². The molecule has 0 aliphatic carbocycles. The Bertz CT molecular complexity index is 495. The van der Waals surface area contributed by atoms with Crippen molar-refractivity contribution in [3.63, 3.8) is 0 Å². The Morgan fingerprint density at radius 2 is 2.40 bits per heavy atom. The number of nitrogens with zero attached hydrogens (tertiary/aromatic N) is 3. The second kappa shape index (κ2) is 6.24. The van der Waals surface area contributed by atoms with Crippen LogP contribution in [0.25, 0.3) is 0 Å². The highest BCUT2D eigenvalue weighted by atomic mass is 16.4. The molecule has 2 aromatic rings. The zero-order valence-corrected chi connectivity index (χ0v) is 11.6. The first kappa shape index (κ1) is 13.4. The van der Waals surface area contributed by atoms with Gasteiger partial charge in [0.05, 0.1) is 12.6 Å². The molecule has 1 aliphatic heterocycles. The number of aliphatic hydroxyl groups is 1. The minimum atomic E-state index is -0.496. The van der Waals surface area contributed by atoms with Gasteiger partial charge in [-0.2, -0.15) is 0 Å². The molecule has 5 heteroatoms. The second-order valence-electron chi connectivity index (χ2n) is 5.40. The van der Waals surface area contributed by atoms with Crippen molar-refractivity contribution in [3.05, 3.63) is 42.9 Å². The van der Waals surface area contributed by atoms with Crippen molar-refractivity contribution in [2.75, 3.05) is 13.1 Å². The van der Waals surface area contributed by atoms with Crippen LogP contribution in [0.3, 0.4) is 0 Å². The number of hydrogen-bond donors (Lipinski definition) is 1. The highest BCUT2D eigenvalue weighted by molar-refractivity contribution is 5.02. The van der Waals surface area contributed by atoms with Crippen LogP contribution in [0.15, 0.2) is 41.5 Å². The maximum absolute atomic E-state index is 10.2. The molecule has 3 heterocycles. The monoisotopic (exact) mass is 275 g/mol. The first-order valence-corrected chi connectivity index (χ1v) is 7.24. The van der Waals surface area contributed by atoms with Gasteiger partial charge in [-0.1, -0.05) is 0 Å². The number of likely N-dealkylation sites (tertiary alicyclic amines) is 1. The molecular formula is C15H21N3O2. The fourth-order valence-corrected chi connectivity index (χ4v) is 2.97. The van der Waals surface area contributed by atoms with Crippen LogP contribution in [0.1, 0.15) is 31.1 Å². The van der Waals surface area contributed by atoms with E-state index in [0.29, 0.717) is 11.8 Å². The maximum Gasteiger partial charge on any atom is 0.132 e. The van der Waals surface area contributed by atoms with Crippen molar-refractivity contribution in [1.82, 2.24) is 14.5 Å². The van der Waals surface area contributed by atoms with Crippen molar-refractivity contribution < 1.29 is 9.52 Å². The van der Waals surface area contributed by atoms with Crippen molar-refractivity contribution in [2.24, 2.45) is 0 Å². The van der Waals surface area contributed by atoms with Gasteiger partial charge in [0.1, 0.15) is 11.9 Å². The molecule has 0 spiro atoms. The van der Waals surface area contributed by atoms with Gasteiger partial charge in [0.2, 0.25) is 0 Å². The summed E-state index contributed by atoms with van der Waals surface area (Å²) < 4.78 is 7.37. The van der Waals surface area contributed by atoms with Crippen molar-refractivity contribution >= 4 is 0 Å². The molecule has 1 fully saturated rings. The van der Waals surface area contributed by atoms with Gasteiger partial charge in [0.15, 0.2) is 0 Å². The van der Waals surface area contributed by atoms with E-state index in [4.69, 9.17) is 4.42 Å². The largest absolute Gasteiger partial charge is 0.467 e. The smallest absolute Gasteiger partial charge is 0.132 e. The quantitative estimate of drug-likeness (QED) is 0.877. The van der Waals surface area contributed by atoms with E-state index in [9.17, 15) is 5.11 Å². The Morgan fingerprint density at radius 1 is 1.45 bits per heavy atom. The average molecular weight is 275 g/mol. The third kappa shape index (κ3) is 3.11. The molecule has 0 radical (unpaired) electrons.